The molecule has 1 atom stereocenters. The van der Waals surface area contributed by atoms with Gasteiger partial charge >= 0.3 is 0 Å². The van der Waals surface area contributed by atoms with E-state index in [-0.39, 0.29) is 6.23 Å². The van der Waals surface area contributed by atoms with E-state index in [1.807, 2.05) is 22.9 Å². The lowest BCUT2D eigenvalue weighted by Gasteiger charge is -2.08. The van der Waals surface area contributed by atoms with Crippen molar-refractivity contribution in [2.24, 2.45) is 0 Å². The zero-order valence-corrected chi connectivity index (χ0v) is 13.6. The number of epoxide rings is 1. The third-order valence-electron chi connectivity index (χ3n) is 4.06. The highest BCUT2D eigenvalue weighted by Gasteiger charge is 2.28. The maximum absolute atomic E-state index is 5.84. The van der Waals surface area contributed by atoms with Crippen LogP contribution in [0.5, 0.6) is 5.75 Å². The highest BCUT2D eigenvalue weighted by Crippen LogP contribution is 2.29. The average Bonchev–Trinajstić information content (AvgIpc) is 3.37. The lowest BCUT2D eigenvalue weighted by molar-refractivity contribution is 0.305. The number of nitrogens with zero attached hydrogens (tertiary/aromatic N) is 3. The van der Waals surface area contributed by atoms with Crippen LogP contribution in [0, 0.1) is 0 Å². The summed E-state index contributed by atoms with van der Waals surface area (Å²) in [5.41, 5.74) is 4.31. The Morgan fingerprint density at radius 3 is 2.83 bits per heavy atom. The van der Waals surface area contributed by atoms with E-state index in [0.717, 1.165) is 23.6 Å². The molecule has 0 radical (unpaired) electrons. The van der Waals surface area contributed by atoms with E-state index in [1.54, 1.807) is 12.4 Å². The van der Waals surface area contributed by atoms with E-state index in [4.69, 9.17) is 9.47 Å². The molecule has 0 amide bonds. The van der Waals surface area contributed by atoms with Crippen LogP contribution in [0.15, 0.2) is 54.9 Å². The molecule has 1 saturated heterocycles. The van der Waals surface area contributed by atoms with Gasteiger partial charge in [-0.2, -0.15) is 5.10 Å². The number of aromatic nitrogens is 3. The topological polar surface area (TPSA) is 52.5 Å². The second-order valence-corrected chi connectivity index (χ2v) is 5.79. The van der Waals surface area contributed by atoms with Crippen molar-refractivity contribution < 1.29 is 9.47 Å². The first kappa shape index (κ1) is 14.9. The third-order valence-corrected chi connectivity index (χ3v) is 4.06. The molecule has 24 heavy (non-hydrogen) atoms. The summed E-state index contributed by atoms with van der Waals surface area (Å²) in [4.78, 5) is 4.50. The molecule has 5 nitrogen and oxygen atoms in total. The van der Waals surface area contributed by atoms with Gasteiger partial charge in [-0.25, -0.2) is 4.68 Å². The van der Waals surface area contributed by atoms with Crippen molar-refractivity contribution in [1.82, 2.24) is 14.8 Å². The van der Waals surface area contributed by atoms with E-state index in [0.29, 0.717) is 13.2 Å². The van der Waals surface area contributed by atoms with Crippen LogP contribution in [0.4, 0.5) is 0 Å². The first-order valence-corrected chi connectivity index (χ1v) is 8.15. The Morgan fingerprint density at radius 1 is 1.21 bits per heavy atom. The van der Waals surface area contributed by atoms with Gasteiger partial charge < -0.3 is 9.47 Å². The molecule has 1 unspecified atom stereocenters. The summed E-state index contributed by atoms with van der Waals surface area (Å²) in [6.07, 6.45) is 4.61. The zero-order chi connectivity index (χ0) is 16.4. The lowest BCUT2D eigenvalue weighted by Crippen LogP contribution is -2.01. The Balaban J connectivity index is 1.44. The Kier molecular flexibility index (Phi) is 4.01. The predicted octanol–water partition coefficient (Wildman–Crippen LogP) is 3.62. The van der Waals surface area contributed by atoms with Gasteiger partial charge in [0.1, 0.15) is 12.4 Å². The van der Waals surface area contributed by atoms with Crippen LogP contribution in [-0.4, -0.2) is 21.4 Å². The second kappa shape index (κ2) is 6.45. The fraction of sp³-hybridized carbons (Fsp3) is 0.263. The van der Waals surface area contributed by atoms with E-state index in [2.05, 4.69) is 41.3 Å². The summed E-state index contributed by atoms with van der Waals surface area (Å²) in [5.74, 6) is 0.759. The molecule has 1 fully saturated rings. The molecule has 0 N–H and O–H groups in total. The van der Waals surface area contributed by atoms with Crippen molar-refractivity contribution in [3.63, 3.8) is 0 Å². The number of rotatable bonds is 6. The van der Waals surface area contributed by atoms with Crippen LogP contribution in [0.2, 0.25) is 0 Å². The quantitative estimate of drug-likeness (QED) is 0.651. The van der Waals surface area contributed by atoms with Crippen molar-refractivity contribution in [2.75, 3.05) is 6.61 Å². The maximum atomic E-state index is 5.84. The summed E-state index contributed by atoms with van der Waals surface area (Å²) in [5, 5.41) is 4.29. The van der Waals surface area contributed by atoms with Gasteiger partial charge in [0.15, 0.2) is 6.23 Å². The van der Waals surface area contributed by atoms with Gasteiger partial charge in [0.25, 0.3) is 0 Å². The maximum Gasteiger partial charge on any atom is 0.174 e. The van der Waals surface area contributed by atoms with Crippen LogP contribution in [0.3, 0.4) is 0 Å². The lowest BCUT2D eigenvalue weighted by atomic mass is 10.1. The van der Waals surface area contributed by atoms with E-state index < -0.39 is 0 Å². The van der Waals surface area contributed by atoms with E-state index in [9.17, 15) is 0 Å². The first-order valence-electron chi connectivity index (χ1n) is 8.15. The van der Waals surface area contributed by atoms with Crippen molar-refractivity contribution >= 4 is 0 Å². The molecule has 1 aromatic carbocycles. The fourth-order valence-corrected chi connectivity index (χ4v) is 2.65. The van der Waals surface area contributed by atoms with E-state index >= 15 is 0 Å². The molecule has 0 aliphatic carbocycles. The summed E-state index contributed by atoms with van der Waals surface area (Å²) < 4.78 is 13.0. The molecule has 1 aliphatic heterocycles. The molecule has 4 rings (SSSR count). The van der Waals surface area contributed by atoms with Gasteiger partial charge in [-0.05, 0) is 35.7 Å². The SMILES string of the molecule is CCc1cccc(COc2ccc(-c3ccnn3C3CO3)nc2)c1. The van der Waals surface area contributed by atoms with Gasteiger partial charge in [-0.3, -0.25) is 4.98 Å². The number of pyridine rings is 1. The minimum atomic E-state index is 0.0542. The van der Waals surface area contributed by atoms with Gasteiger partial charge in [0.05, 0.1) is 24.2 Å². The Bertz CT molecular complexity index is 823. The van der Waals surface area contributed by atoms with Crippen LogP contribution >= 0.6 is 0 Å². The van der Waals surface area contributed by atoms with Crippen LogP contribution < -0.4 is 4.74 Å². The summed E-state index contributed by atoms with van der Waals surface area (Å²) in [6, 6.07) is 14.3. The minimum absolute atomic E-state index is 0.0542. The second-order valence-electron chi connectivity index (χ2n) is 5.79. The number of ether oxygens (including phenoxy) is 2. The van der Waals surface area contributed by atoms with Crippen LogP contribution in [0.1, 0.15) is 24.3 Å². The number of hydrogen-bond acceptors (Lipinski definition) is 4. The van der Waals surface area contributed by atoms with Crippen LogP contribution in [-0.2, 0) is 17.8 Å². The van der Waals surface area contributed by atoms with Gasteiger partial charge in [-0.15, -0.1) is 0 Å². The first-order chi connectivity index (χ1) is 11.8. The van der Waals surface area contributed by atoms with Gasteiger partial charge in [-0.1, -0.05) is 31.2 Å². The molecule has 0 spiro atoms. The largest absolute Gasteiger partial charge is 0.487 e. The molecule has 5 heteroatoms. The zero-order valence-electron chi connectivity index (χ0n) is 13.6. The Hall–Kier alpha value is -2.66. The predicted molar refractivity (Wildman–Crippen MR) is 90.6 cm³/mol. The average molecular weight is 321 g/mol. The molecule has 2 aromatic heterocycles. The molecule has 0 saturated carbocycles. The number of aryl methyl sites for hydroxylation is 1. The summed E-state index contributed by atoms with van der Waals surface area (Å²) in [7, 11) is 0. The monoisotopic (exact) mass is 321 g/mol. The smallest absolute Gasteiger partial charge is 0.174 e. The highest BCUT2D eigenvalue weighted by molar-refractivity contribution is 5.55. The van der Waals surface area contributed by atoms with E-state index in [1.165, 1.54) is 11.1 Å². The Labute approximate surface area is 140 Å². The Morgan fingerprint density at radius 2 is 2.08 bits per heavy atom. The highest BCUT2D eigenvalue weighted by atomic mass is 16.6. The summed E-state index contributed by atoms with van der Waals surface area (Å²) >= 11 is 0. The van der Waals surface area contributed by atoms with Crippen molar-refractivity contribution in [2.45, 2.75) is 26.2 Å². The molecular formula is C19H19N3O2. The van der Waals surface area contributed by atoms with Gasteiger partial charge in [0.2, 0.25) is 0 Å². The van der Waals surface area contributed by atoms with Crippen LogP contribution in [0.25, 0.3) is 11.4 Å². The molecule has 3 heterocycles. The molecule has 122 valence electrons. The van der Waals surface area contributed by atoms with Crippen molar-refractivity contribution in [3.05, 3.63) is 66.0 Å². The standard InChI is InChI=1S/C19H19N3O2/c1-2-14-4-3-5-15(10-14)12-23-16-6-7-17(20-11-16)18-8-9-21-22(18)19-13-24-19/h3-11,19H,2,12-13H2,1H3. The number of hydrogen-bond donors (Lipinski definition) is 0. The fourth-order valence-electron chi connectivity index (χ4n) is 2.65. The minimum Gasteiger partial charge on any atom is -0.487 e. The molecule has 0 bridgehead atoms. The summed E-state index contributed by atoms with van der Waals surface area (Å²) in [6.45, 7) is 3.41. The molecule has 1 aliphatic rings. The van der Waals surface area contributed by atoms with Crippen molar-refractivity contribution in [1.29, 1.82) is 0 Å². The normalized spacial score (nSPS) is 16.1. The molecular weight excluding hydrogens is 302 g/mol. The number of benzene rings is 1. The van der Waals surface area contributed by atoms with Gasteiger partial charge in [0, 0.05) is 6.20 Å². The third kappa shape index (κ3) is 3.16. The molecule has 3 aromatic rings. The van der Waals surface area contributed by atoms with Crippen molar-refractivity contribution in [3.8, 4) is 17.1 Å².